The lowest BCUT2D eigenvalue weighted by atomic mass is 9.90. The highest BCUT2D eigenvalue weighted by molar-refractivity contribution is 5.86. The van der Waals surface area contributed by atoms with E-state index >= 15 is 0 Å². The van der Waals surface area contributed by atoms with Crippen molar-refractivity contribution in [2.75, 3.05) is 18.4 Å². The average molecular weight is 270 g/mol. The van der Waals surface area contributed by atoms with E-state index in [9.17, 15) is 4.79 Å². The number of amides is 1. The normalized spacial score (nSPS) is 17.1. The molecule has 3 rings (SSSR count). The van der Waals surface area contributed by atoms with Crippen molar-refractivity contribution in [1.82, 2.24) is 14.9 Å². The first-order chi connectivity index (χ1) is 9.84. The quantitative estimate of drug-likeness (QED) is 0.887. The smallest absolute Gasteiger partial charge is 0.227 e. The Morgan fingerprint density at radius 3 is 3.20 bits per heavy atom. The van der Waals surface area contributed by atoms with Gasteiger partial charge in [0.15, 0.2) is 0 Å². The molecule has 104 valence electrons. The second-order valence-corrected chi connectivity index (χ2v) is 4.95. The van der Waals surface area contributed by atoms with Crippen LogP contribution in [0, 0.1) is 0 Å². The Kier molecular flexibility index (Phi) is 3.67. The molecule has 1 atom stereocenters. The molecule has 0 saturated carbocycles. The number of fused-ring (bicyclic) bond motifs is 1. The number of nitrogens with zero attached hydrogens (tertiary/aromatic N) is 2. The maximum absolute atomic E-state index is 12.3. The summed E-state index contributed by atoms with van der Waals surface area (Å²) in [6.07, 6.45) is 6.23. The van der Waals surface area contributed by atoms with Crippen molar-refractivity contribution in [3.05, 3.63) is 48.5 Å². The molecule has 0 fully saturated rings. The standard InChI is InChI=1S/C15H18N4O/c20-15(18-8-10-19-9-7-16-11-19)13-5-6-17-14-4-2-1-3-12(13)14/h1-4,7,9,11,13,17H,5-6,8,10H2,(H,18,20). The Hall–Kier alpha value is -2.30. The second kappa shape index (κ2) is 5.77. The first-order valence-corrected chi connectivity index (χ1v) is 6.91. The number of hydrogen-bond donors (Lipinski definition) is 2. The van der Waals surface area contributed by atoms with Gasteiger partial charge >= 0.3 is 0 Å². The number of nitrogens with one attached hydrogen (secondary N) is 2. The zero-order valence-electron chi connectivity index (χ0n) is 11.2. The van der Waals surface area contributed by atoms with Crippen molar-refractivity contribution in [2.45, 2.75) is 18.9 Å². The van der Waals surface area contributed by atoms with Gasteiger partial charge in [-0.15, -0.1) is 0 Å². The van der Waals surface area contributed by atoms with Gasteiger partial charge in [-0.25, -0.2) is 4.98 Å². The largest absolute Gasteiger partial charge is 0.385 e. The molecular formula is C15H18N4O. The van der Waals surface area contributed by atoms with Crippen LogP contribution in [0.2, 0.25) is 0 Å². The minimum absolute atomic E-state index is 0.0461. The van der Waals surface area contributed by atoms with Crippen molar-refractivity contribution < 1.29 is 4.79 Å². The van der Waals surface area contributed by atoms with Crippen LogP contribution in [0.5, 0.6) is 0 Å². The molecule has 1 aromatic carbocycles. The molecule has 5 nitrogen and oxygen atoms in total. The van der Waals surface area contributed by atoms with Crippen LogP contribution in [0.3, 0.4) is 0 Å². The van der Waals surface area contributed by atoms with Crippen LogP contribution in [-0.2, 0) is 11.3 Å². The van der Waals surface area contributed by atoms with Gasteiger partial charge in [0.25, 0.3) is 0 Å². The second-order valence-electron chi connectivity index (χ2n) is 4.95. The zero-order valence-corrected chi connectivity index (χ0v) is 11.2. The molecule has 1 amide bonds. The van der Waals surface area contributed by atoms with Gasteiger partial charge < -0.3 is 15.2 Å². The van der Waals surface area contributed by atoms with Gasteiger partial charge in [-0.1, -0.05) is 18.2 Å². The summed E-state index contributed by atoms with van der Waals surface area (Å²) < 4.78 is 1.96. The van der Waals surface area contributed by atoms with E-state index in [0.29, 0.717) is 6.54 Å². The molecule has 0 spiro atoms. The number of carbonyl (C=O) groups excluding carboxylic acids is 1. The highest BCUT2D eigenvalue weighted by atomic mass is 16.1. The SMILES string of the molecule is O=C(NCCn1ccnc1)C1CCNc2ccccc21. The minimum atomic E-state index is -0.0461. The van der Waals surface area contributed by atoms with Crippen LogP contribution < -0.4 is 10.6 Å². The molecule has 1 aromatic heterocycles. The van der Waals surface area contributed by atoms with E-state index in [0.717, 1.165) is 30.8 Å². The molecule has 2 heterocycles. The van der Waals surface area contributed by atoms with Crippen LogP contribution >= 0.6 is 0 Å². The lowest BCUT2D eigenvalue weighted by Crippen LogP contribution is -2.34. The van der Waals surface area contributed by atoms with E-state index in [1.807, 2.05) is 35.0 Å². The van der Waals surface area contributed by atoms with Crippen molar-refractivity contribution in [2.24, 2.45) is 0 Å². The fraction of sp³-hybridized carbons (Fsp3) is 0.333. The lowest BCUT2D eigenvalue weighted by molar-refractivity contribution is -0.122. The third kappa shape index (κ3) is 2.66. The minimum Gasteiger partial charge on any atom is -0.385 e. The summed E-state index contributed by atoms with van der Waals surface area (Å²) in [7, 11) is 0. The number of anilines is 1. The van der Waals surface area contributed by atoms with E-state index in [-0.39, 0.29) is 11.8 Å². The van der Waals surface area contributed by atoms with Gasteiger partial charge in [0.2, 0.25) is 5.91 Å². The van der Waals surface area contributed by atoms with Crippen LogP contribution in [0.4, 0.5) is 5.69 Å². The summed E-state index contributed by atoms with van der Waals surface area (Å²) in [5.41, 5.74) is 2.17. The number of rotatable bonds is 4. The van der Waals surface area contributed by atoms with Gasteiger partial charge in [0, 0.05) is 37.7 Å². The Morgan fingerprint density at radius 2 is 2.35 bits per heavy atom. The van der Waals surface area contributed by atoms with Gasteiger partial charge in [-0.05, 0) is 18.1 Å². The molecule has 1 aliphatic heterocycles. The molecule has 2 N–H and O–H groups in total. The van der Waals surface area contributed by atoms with Gasteiger partial charge in [0.1, 0.15) is 0 Å². The predicted octanol–water partition coefficient (Wildman–Crippen LogP) is 1.60. The van der Waals surface area contributed by atoms with Crippen molar-refractivity contribution in [3.8, 4) is 0 Å². The van der Waals surface area contributed by atoms with Gasteiger partial charge in [0.05, 0.1) is 12.2 Å². The fourth-order valence-corrected chi connectivity index (χ4v) is 2.59. The summed E-state index contributed by atoms with van der Waals surface area (Å²) >= 11 is 0. The number of aromatic nitrogens is 2. The summed E-state index contributed by atoms with van der Waals surface area (Å²) in [6, 6.07) is 8.03. The first kappa shape index (κ1) is 12.7. The Labute approximate surface area is 118 Å². The average Bonchev–Trinajstić information content (AvgIpc) is 3.00. The monoisotopic (exact) mass is 270 g/mol. The number of carbonyl (C=O) groups is 1. The molecule has 5 heteroatoms. The molecule has 0 bridgehead atoms. The Balaban J connectivity index is 1.60. The summed E-state index contributed by atoms with van der Waals surface area (Å²) in [5, 5.41) is 6.35. The molecule has 0 aliphatic carbocycles. The summed E-state index contributed by atoms with van der Waals surface area (Å²) in [5.74, 6) is 0.0642. The maximum Gasteiger partial charge on any atom is 0.227 e. The van der Waals surface area contributed by atoms with Crippen molar-refractivity contribution in [1.29, 1.82) is 0 Å². The van der Waals surface area contributed by atoms with Crippen molar-refractivity contribution >= 4 is 11.6 Å². The first-order valence-electron chi connectivity index (χ1n) is 6.91. The molecule has 1 aliphatic rings. The zero-order chi connectivity index (χ0) is 13.8. The molecule has 20 heavy (non-hydrogen) atoms. The van der Waals surface area contributed by atoms with Crippen molar-refractivity contribution in [3.63, 3.8) is 0 Å². The fourth-order valence-electron chi connectivity index (χ4n) is 2.59. The molecule has 2 aromatic rings. The number of benzene rings is 1. The predicted molar refractivity (Wildman–Crippen MR) is 77.5 cm³/mol. The van der Waals surface area contributed by atoms with Crippen LogP contribution in [-0.4, -0.2) is 28.5 Å². The number of para-hydroxylation sites is 1. The molecular weight excluding hydrogens is 252 g/mol. The van der Waals surface area contributed by atoms with E-state index < -0.39 is 0 Å². The van der Waals surface area contributed by atoms with Gasteiger partial charge in [-0.2, -0.15) is 0 Å². The topological polar surface area (TPSA) is 59.0 Å². The molecule has 0 saturated heterocycles. The summed E-state index contributed by atoms with van der Waals surface area (Å²) in [6.45, 7) is 2.22. The number of imidazole rings is 1. The maximum atomic E-state index is 12.3. The van der Waals surface area contributed by atoms with E-state index in [2.05, 4.69) is 15.6 Å². The molecule has 1 unspecified atom stereocenters. The Morgan fingerprint density at radius 1 is 1.45 bits per heavy atom. The van der Waals surface area contributed by atoms with Crippen LogP contribution in [0.15, 0.2) is 43.0 Å². The summed E-state index contributed by atoms with van der Waals surface area (Å²) in [4.78, 5) is 16.3. The lowest BCUT2D eigenvalue weighted by Gasteiger charge is -2.25. The number of hydrogen-bond acceptors (Lipinski definition) is 3. The highest BCUT2D eigenvalue weighted by Crippen LogP contribution is 2.31. The van der Waals surface area contributed by atoms with Crippen LogP contribution in [0.1, 0.15) is 17.9 Å². The third-order valence-corrected chi connectivity index (χ3v) is 3.63. The van der Waals surface area contributed by atoms with E-state index in [1.165, 1.54) is 0 Å². The van der Waals surface area contributed by atoms with Gasteiger partial charge in [-0.3, -0.25) is 4.79 Å². The Bertz CT molecular complexity index is 579. The molecule has 0 radical (unpaired) electrons. The highest BCUT2D eigenvalue weighted by Gasteiger charge is 2.25. The van der Waals surface area contributed by atoms with Crippen LogP contribution in [0.25, 0.3) is 0 Å². The van der Waals surface area contributed by atoms with E-state index in [1.54, 1.807) is 12.5 Å². The third-order valence-electron chi connectivity index (χ3n) is 3.63. The van der Waals surface area contributed by atoms with E-state index in [4.69, 9.17) is 0 Å².